The first-order chi connectivity index (χ1) is 6.91. The van der Waals surface area contributed by atoms with Gasteiger partial charge in [-0.05, 0) is 44.1 Å². The molecular formula is C11H20F3N. The summed E-state index contributed by atoms with van der Waals surface area (Å²) < 4.78 is 37.6. The lowest BCUT2D eigenvalue weighted by molar-refractivity contribution is -0.159. The highest BCUT2D eigenvalue weighted by atomic mass is 19.4. The standard InChI is InChI=1S/C11H20F3N/c1-8(2)9-4-3-7-15-10(6-5-9)11(12,13)14/h8-10,15H,3-7H2,1-2H3. The maximum atomic E-state index is 12.5. The van der Waals surface area contributed by atoms with E-state index in [1.54, 1.807) is 0 Å². The Bertz CT molecular complexity index is 189. The molecule has 1 aliphatic heterocycles. The lowest BCUT2D eigenvalue weighted by Gasteiger charge is -2.29. The molecule has 1 saturated heterocycles. The van der Waals surface area contributed by atoms with Crippen molar-refractivity contribution in [2.24, 2.45) is 11.8 Å². The number of hydrogen-bond acceptors (Lipinski definition) is 1. The molecule has 0 aliphatic carbocycles. The minimum absolute atomic E-state index is 0.229. The quantitative estimate of drug-likeness (QED) is 0.718. The molecule has 0 aromatic heterocycles. The summed E-state index contributed by atoms with van der Waals surface area (Å²) in [6, 6.07) is -1.29. The van der Waals surface area contributed by atoms with Gasteiger partial charge < -0.3 is 5.32 Å². The van der Waals surface area contributed by atoms with Crippen LogP contribution in [0.5, 0.6) is 0 Å². The fraction of sp³-hybridized carbons (Fsp3) is 1.00. The molecule has 0 radical (unpaired) electrons. The van der Waals surface area contributed by atoms with E-state index in [4.69, 9.17) is 0 Å². The monoisotopic (exact) mass is 223 g/mol. The van der Waals surface area contributed by atoms with E-state index in [1.807, 2.05) is 0 Å². The highest BCUT2D eigenvalue weighted by molar-refractivity contribution is 4.79. The van der Waals surface area contributed by atoms with Crippen LogP contribution in [0.1, 0.15) is 39.5 Å². The molecule has 0 aromatic carbocycles. The van der Waals surface area contributed by atoms with Gasteiger partial charge in [0.25, 0.3) is 0 Å². The molecule has 90 valence electrons. The summed E-state index contributed by atoms with van der Waals surface area (Å²) in [6.45, 7) is 4.69. The van der Waals surface area contributed by atoms with Crippen LogP contribution < -0.4 is 5.32 Å². The van der Waals surface area contributed by atoms with Gasteiger partial charge in [0.1, 0.15) is 6.04 Å². The molecule has 0 amide bonds. The third kappa shape index (κ3) is 4.01. The van der Waals surface area contributed by atoms with E-state index in [2.05, 4.69) is 19.2 Å². The first-order valence-corrected chi connectivity index (χ1v) is 5.71. The highest BCUT2D eigenvalue weighted by Gasteiger charge is 2.39. The highest BCUT2D eigenvalue weighted by Crippen LogP contribution is 2.30. The summed E-state index contributed by atoms with van der Waals surface area (Å²) in [5.41, 5.74) is 0. The van der Waals surface area contributed by atoms with E-state index in [-0.39, 0.29) is 6.42 Å². The van der Waals surface area contributed by atoms with Crippen LogP contribution >= 0.6 is 0 Å². The van der Waals surface area contributed by atoms with Crippen LogP contribution in [0.25, 0.3) is 0 Å². The smallest absolute Gasteiger partial charge is 0.306 e. The lowest BCUT2D eigenvalue weighted by Crippen LogP contribution is -2.44. The Balaban J connectivity index is 2.51. The van der Waals surface area contributed by atoms with Crippen molar-refractivity contribution < 1.29 is 13.2 Å². The summed E-state index contributed by atoms with van der Waals surface area (Å²) in [7, 11) is 0. The van der Waals surface area contributed by atoms with Gasteiger partial charge in [-0.2, -0.15) is 13.2 Å². The van der Waals surface area contributed by atoms with E-state index >= 15 is 0 Å². The molecule has 0 aromatic rings. The summed E-state index contributed by atoms with van der Waals surface area (Å²) in [5, 5.41) is 2.60. The number of alkyl halides is 3. The zero-order chi connectivity index (χ0) is 11.5. The van der Waals surface area contributed by atoms with Gasteiger partial charge in [-0.25, -0.2) is 0 Å². The van der Waals surface area contributed by atoms with Crippen molar-refractivity contribution in [3.63, 3.8) is 0 Å². The molecule has 1 fully saturated rings. The van der Waals surface area contributed by atoms with Gasteiger partial charge in [0, 0.05) is 0 Å². The van der Waals surface area contributed by atoms with Crippen molar-refractivity contribution in [2.75, 3.05) is 6.54 Å². The van der Waals surface area contributed by atoms with Crippen LogP contribution in [-0.4, -0.2) is 18.8 Å². The minimum Gasteiger partial charge on any atom is -0.306 e. The molecule has 1 aliphatic rings. The average molecular weight is 223 g/mol. The Morgan fingerprint density at radius 2 is 1.80 bits per heavy atom. The van der Waals surface area contributed by atoms with Crippen molar-refractivity contribution in [1.82, 2.24) is 5.32 Å². The van der Waals surface area contributed by atoms with E-state index in [0.29, 0.717) is 24.8 Å². The van der Waals surface area contributed by atoms with Crippen molar-refractivity contribution in [3.8, 4) is 0 Å². The van der Waals surface area contributed by atoms with Gasteiger partial charge in [-0.15, -0.1) is 0 Å². The number of halogens is 3. The molecule has 2 atom stereocenters. The molecule has 15 heavy (non-hydrogen) atoms. The molecular weight excluding hydrogens is 203 g/mol. The Hall–Kier alpha value is -0.250. The molecule has 1 N–H and O–H groups in total. The summed E-state index contributed by atoms with van der Waals surface area (Å²) in [6.07, 6.45) is -1.26. The summed E-state index contributed by atoms with van der Waals surface area (Å²) >= 11 is 0. The second-order valence-electron chi connectivity index (χ2n) is 4.77. The zero-order valence-corrected chi connectivity index (χ0v) is 9.40. The summed E-state index contributed by atoms with van der Waals surface area (Å²) in [5.74, 6) is 0.953. The zero-order valence-electron chi connectivity index (χ0n) is 9.40. The molecule has 0 spiro atoms. The van der Waals surface area contributed by atoms with Crippen LogP contribution in [0.4, 0.5) is 13.2 Å². The van der Waals surface area contributed by atoms with Crippen molar-refractivity contribution in [1.29, 1.82) is 0 Å². The van der Waals surface area contributed by atoms with Gasteiger partial charge in [0.05, 0.1) is 0 Å². The predicted molar refractivity (Wildman–Crippen MR) is 54.6 cm³/mol. The number of rotatable bonds is 1. The molecule has 0 saturated carbocycles. The molecule has 0 bridgehead atoms. The number of hydrogen-bond donors (Lipinski definition) is 1. The third-order valence-corrected chi connectivity index (χ3v) is 3.31. The Labute approximate surface area is 89.4 Å². The Morgan fingerprint density at radius 3 is 2.33 bits per heavy atom. The molecule has 1 nitrogen and oxygen atoms in total. The van der Waals surface area contributed by atoms with E-state index in [0.717, 1.165) is 12.8 Å². The molecule has 2 unspecified atom stereocenters. The molecule has 4 heteroatoms. The number of nitrogens with one attached hydrogen (secondary N) is 1. The van der Waals surface area contributed by atoms with Crippen LogP contribution in [0.15, 0.2) is 0 Å². The average Bonchev–Trinajstić information content (AvgIpc) is 1.99. The second kappa shape index (κ2) is 5.19. The van der Waals surface area contributed by atoms with Crippen LogP contribution in [0, 0.1) is 11.8 Å². The van der Waals surface area contributed by atoms with E-state index in [9.17, 15) is 13.2 Å². The lowest BCUT2D eigenvalue weighted by atomic mass is 9.85. The van der Waals surface area contributed by atoms with Crippen molar-refractivity contribution in [2.45, 2.75) is 51.7 Å². The minimum atomic E-state index is -4.08. The molecule has 1 heterocycles. The fourth-order valence-corrected chi connectivity index (χ4v) is 2.21. The van der Waals surface area contributed by atoms with Crippen molar-refractivity contribution in [3.05, 3.63) is 0 Å². The van der Waals surface area contributed by atoms with E-state index < -0.39 is 12.2 Å². The van der Waals surface area contributed by atoms with Gasteiger partial charge in [-0.1, -0.05) is 13.8 Å². The topological polar surface area (TPSA) is 12.0 Å². The Kier molecular flexibility index (Phi) is 4.44. The van der Waals surface area contributed by atoms with Crippen LogP contribution in [-0.2, 0) is 0 Å². The largest absolute Gasteiger partial charge is 0.403 e. The van der Waals surface area contributed by atoms with Gasteiger partial charge in [0.2, 0.25) is 0 Å². The van der Waals surface area contributed by atoms with Crippen LogP contribution in [0.2, 0.25) is 0 Å². The normalized spacial score (nSPS) is 30.0. The maximum Gasteiger partial charge on any atom is 0.403 e. The van der Waals surface area contributed by atoms with E-state index in [1.165, 1.54) is 0 Å². The van der Waals surface area contributed by atoms with Crippen molar-refractivity contribution >= 4 is 0 Å². The Morgan fingerprint density at radius 1 is 1.13 bits per heavy atom. The van der Waals surface area contributed by atoms with Gasteiger partial charge in [-0.3, -0.25) is 0 Å². The first-order valence-electron chi connectivity index (χ1n) is 5.71. The van der Waals surface area contributed by atoms with Gasteiger partial charge >= 0.3 is 6.18 Å². The fourth-order valence-electron chi connectivity index (χ4n) is 2.21. The summed E-state index contributed by atoms with van der Waals surface area (Å²) in [4.78, 5) is 0. The third-order valence-electron chi connectivity index (χ3n) is 3.31. The van der Waals surface area contributed by atoms with Crippen LogP contribution in [0.3, 0.4) is 0 Å². The second-order valence-corrected chi connectivity index (χ2v) is 4.77. The SMILES string of the molecule is CC(C)C1CCCNC(C(F)(F)F)CC1. The first kappa shape index (κ1) is 12.8. The predicted octanol–water partition coefficient (Wildman–Crippen LogP) is 3.35. The van der Waals surface area contributed by atoms with Gasteiger partial charge in [0.15, 0.2) is 0 Å². The molecule has 1 rings (SSSR count). The maximum absolute atomic E-state index is 12.5.